The SMILES string of the molecule is CC(C)S(=O)(=O)c1cccc(C2CCNCC2)c1. The van der Waals surface area contributed by atoms with Crippen molar-refractivity contribution in [3.8, 4) is 0 Å². The van der Waals surface area contributed by atoms with Crippen LogP contribution in [0.1, 0.15) is 38.2 Å². The summed E-state index contributed by atoms with van der Waals surface area (Å²) >= 11 is 0. The van der Waals surface area contributed by atoms with Crippen LogP contribution in [0.3, 0.4) is 0 Å². The van der Waals surface area contributed by atoms with Gasteiger partial charge in [0.05, 0.1) is 10.1 Å². The minimum Gasteiger partial charge on any atom is -0.317 e. The summed E-state index contributed by atoms with van der Waals surface area (Å²) in [4.78, 5) is 0.466. The predicted octanol–water partition coefficient (Wildman–Crippen LogP) is 2.34. The predicted molar refractivity (Wildman–Crippen MR) is 73.6 cm³/mol. The second-order valence-electron chi connectivity index (χ2n) is 5.19. The highest BCUT2D eigenvalue weighted by atomic mass is 32.2. The van der Waals surface area contributed by atoms with Crippen molar-refractivity contribution in [3.05, 3.63) is 29.8 Å². The van der Waals surface area contributed by atoms with E-state index in [2.05, 4.69) is 11.4 Å². The molecule has 1 saturated heterocycles. The Kier molecular flexibility index (Phi) is 4.07. The average Bonchev–Trinajstić information content (AvgIpc) is 2.40. The Morgan fingerprint density at radius 2 is 1.89 bits per heavy atom. The fourth-order valence-electron chi connectivity index (χ4n) is 2.37. The van der Waals surface area contributed by atoms with E-state index in [1.165, 1.54) is 5.56 Å². The smallest absolute Gasteiger partial charge is 0.180 e. The summed E-state index contributed by atoms with van der Waals surface area (Å²) < 4.78 is 24.3. The van der Waals surface area contributed by atoms with Gasteiger partial charge in [-0.2, -0.15) is 0 Å². The van der Waals surface area contributed by atoms with Crippen LogP contribution in [0.25, 0.3) is 0 Å². The van der Waals surface area contributed by atoms with Crippen molar-refractivity contribution in [1.29, 1.82) is 0 Å². The summed E-state index contributed by atoms with van der Waals surface area (Å²) in [5.74, 6) is 0.494. The van der Waals surface area contributed by atoms with E-state index >= 15 is 0 Å². The molecule has 1 aliphatic rings. The molecular formula is C14H21NO2S. The first-order valence-corrected chi connectivity index (χ1v) is 8.11. The van der Waals surface area contributed by atoms with Crippen LogP contribution in [0.2, 0.25) is 0 Å². The molecule has 0 unspecified atom stereocenters. The molecule has 0 radical (unpaired) electrons. The molecule has 1 N–H and O–H groups in total. The number of benzene rings is 1. The molecular weight excluding hydrogens is 246 g/mol. The first-order valence-electron chi connectivity index (χ1n) is 6.56. The van der Waals surface area contributed by atoms with E-state index in [1.54, 1.807) is 19.9 Å². The van der Waals surface area contributed by atoms with E-state index in [9.17, 15) is 8.42 Å². The fourth-order valence-corrected chi connectivity index (χ4v) is 3.49. The van der Waals surface area contributed by atoms with E-state index in [0.29, 0.717) is 10.8 Å². The van der Waals surface area contributed by atoms with Gasteiger partial charge in [-0.3, -0.25) is 0 Å². The standard InChI is InChI=1S/C14H21NO2S/c1-11(2)18(16,17)14-5-3-4-13(10-14)12-6-8-15-9-7-12/h3-5,10-12,15H,6-9H2,1-2H3. The zero-order chi connectivity index (χ0) is 13.2. The van der Waals surface area contributed by atoms with Crippen molar-refractivity contribution in [2.75, 3.05) is 13.1 Å². The Morgan fingerprint density at radius 1 is 1.22 bits per heavy atom. The Hall–Kier alpha value is -0.870. The number of hydrogen-bond acceptors (Lipinski definition) is 3. The van der Waals surface area contributed by atoms with Crippen LogP contribution in [0.5, 0.6) is 0 Å². The van der Waals surface area contributed by atoms with Crippen molar-refractivity contribution in [2.24, 2.45) is 0 Å². The van der Waals surface area contributed by atoms with Crippen LogP contribution in [0.4, 0.5) is 0 Å². The lowest BCUT2D eigenvalue weighted by atomic mass is 9.90. The average molecular weight is 267 g/mol. The van der Waals surface area contributed by atoms with Gasteiger partial charge in [-0.15, -0.1) is 0 Å². The molecule has 0 spiro atoms. The monoisotopic (exact) mass is 267 g/mol. The molecule has 0 amide bonds. The van der Waals surface area contributed by atoms with Gasteiger partial charge in [0.1, 0.15) is 0 Å². The summed E-state index contributed by atoms with van der Waals surface area (Å²) in [5, 5.41) is 2.97. The Bertz CT molecular complexity index is 502. The molecule has 0 saturated carbocycles. The van der Waals surface area contributed by atoms with Gasteiger partial charge in [0.25, 0.3) is 0 Å². The zero-order valence-corrected chi connectivity index (χ0v) is 11.8. The zero-order valence-electron chi connectivity index (χ0n) is 11.0. The normalized spacial score (nSPS) is 18.2. The third-order valence-electron chi connectivity index (χ3n) is 3.62. The summed E-state index contributed by atoms with van der Waals surface area (Å²) in [7, 11) is -3.15. The van der Waals surface area contributed by atoms with E-state index in [-0.39, 0.29) is 5.25 Å². The minimum absolute atomic E-state index is 0.360. The molecule has 18 heavy (non-hydrogen) atoms. The molecule has 0 bridgehead atoms. The third kappa shape index (κ3) is 2.75. The maximum atomic E-state index is 12.2. The number of hydrogen-bond donors (Lipinski definition) is 1. The van der Waals surface area contributed by atoms with Gasteiger partial charge in [0, 0.05) is 0 Å². The van der Waals surface area contributed by atoms with Crippen molar-refractivity contribution >= 4 is 9.84 Å². The van der Waals surface area contributed by atoms with Crippen LogP contribution in [-0.2, 0) is 9.84 Å². The van der Waals surface area contributed by atoms with E-state index < -0.39 is 9.84 Å². The number of rotatable bonds is 3. The molecule has 1 heterocycles. The van der Waals surface area contributed by atoms with Gasteiger partial charge in [-0.25, -0.2) is 8.42 Å². The lowest BCUT2D eigenvalue weighted by Gasteiger charge is -2.23. The largest absolute Gasteiger partial charge is 0.317 e. The van der Waals surface area contributed by atoms with Gasteiger partial charge in [0.15, 0.2) is 9.84 Å². The molecule has 1 aliphatic heterocycles. The molecule has 0 atom stereocenters. The molecule has 3 nitrogen and oxygen atoms in total. The number of piperidine rings is 1. The van der Waals surface area contributed by atoms with Crippen LogP contribution >= 0.6 is 0 Å². The summed E-state index contributed by atoms with van der Waals surface area (Å²) in [6.07, 6.45) is 2.18. The molecule has 0 aliphatic carbocycles. The van der Waals surface area contributed by atoms with Gasteiger partial charge in [0.2, 0.25) is 0 Å². The highest BCUT2D eigenvalue weighted by molar-refractivity contribution is 7.92. The van der Waals surface area contributed by atoms with Crippen LogP contribution in [0, 0.1) is 0 Å². The molecule has 2 rings (SSSR count). The Balaban J connectivity index is 2.30. The molecule has 1 aromatic rings. The lowest BCUT2D eigenvalue weighted by molar-refractivity contribution is 0.460. The third-order valence-corrected chi connectivity index (χ3v) is 5.77. The molecule has 4 heteroatoms. The maximum Gasteiger partial charge on any atom is 0.180 e. The minimum atomic E-state index is -3.15. The van der Waals surface area contributed by atoms with Crippen molar-refractivity contribution in [1.82, 2.24) is 5.32 Å². The van der Waals surface area contributed by atoms with E-state index in [1.807, 2.05) is 12.1 Å². The van der Waals surface area contributed by atoms with Gasteiger partial charge in [-0.05, 0) is 63.4 Å². The number of sulfone groups is 1. The topological polar surface area (TPSA) is 46.2 Å². The van der Waals surface area contributed by atoms with Gasteiger partial charge >= 0.3 is 0 Å². The van der Waals surface area contributed by atoms with Crippen molar-refractivity contribution in [3.63, 3.8) is 0 Å². The molecule has 1 aromatic carbocycles. The first kappa shape index (κ1) is 13.6. The molecule has 100 valence electrons. The highest BCUT2D eigenvalue weighted by Gasteiger charge is 2.21. The number of nitrogens with one attached hydrogen (secondary N) is 1. The second kappa shape index (κ2) is 5.41. The first-order chi connectivity index (χ1) is 8.51. The van der Waals surface area contributed by atoms with Crippen LogP contribution in [0.15, 0.2) is 29.2 Å². The molecule has 1 fully saturated rings. The quantitative estimate of drug-likeness (QED) is 0.914. The lowest BCUT2D eigenvalue weighted by Crippen LogP contribution is -2.26. The maximum absolute atomic E-state index is 12.2. The van der Waals surface area contributed by atoms with Crippen LogP contribution in [-0.4, -0.2) is 26.8 Å². The van der Waals surface area contributed by atoms with Gasteiger partial charge < -0.3 is 5.32 Å². The summed E-state index contributed by atoms with van der Waals surface area (Å²) in [6, 6.07) is 7.49. The Morgan fingerprint density at radius 3 is 2.50 bits per heavy atom. The van der Waals surface area contributed by atoms with Crippen LogP contribution < -0.4 is 5.32 Å². The van der Waals surface area contributed by atoms with Crippen molar-refractivity contribution < 1.29 is 8.42 Å². The van der Waals surface area contributed by atoms with Crippen molar-refractivity contribution in [2.45, 2.75) is 42.8 Å². The summed E-state index contributed by atoms with van der Waals surface area (Å²) in [5.41, 5.74) is 1.17. The summed E-state index contributed by atoms with van der Waals surface area (Å²) in [6.45, 7) is 5.50. The Labute approximate surface area is 110 Å². The van der Waals surface area contributed by atoms with E-state index in [4.69, 9.17) is 0 Å². The fraction of sp³-hybridized carbons (Fsp3) is 0.571. The molecule has 0 aromatic heterocycles. The second-order valence-corrected chi connectivity index (χ2v) is 7.69. The highest BCUT2D eigenvalue weighted by Crippen LogP contribution is 2.27. The van der Waals surface area contributed by atoms with E-state index in [0.717, 1.165) is 25.9 Å². The van der Waals surface area contributed by atoms with Gasteiger partial charge in [-0.1, -0.05) is 12.1 Å².